The monoisotopic (exact) mass is 531 g/mol. The van der Waals surface area contributed by atoms with E-state index in [1.807, 2.05) is 65.0 Å². The smallest absolute Gasteiger partial charge is 0.322 e. The zero-order valence-electron chi connectivity index (χ0n) is 23.0. The summed E-state index contributed by atoms with van der Waals surface area (Å²) in [7, 11) is 0. The van der Waals surface area contributed by atoms with Gasteiger partial charge in [-0.2, -0.15) is 5.10 Å². The average Bonchev–Trinajstić information content (AvgIpc) is 3.55. The Labute approximate surface area is 234 Å². The van der Waals surface area contributed by atoms with E-state index in [2.05, 4.69) is 72.4 Å². The van der Waals surface area contributed by atoms with Gasteiger partial charge in [0.2, 0.25) is 0 Å². The summed E-state index contributed by atoms with van der Waals surface area (Å²) in [6.45, 7) is 7.15. The topological polar surface area (TPSA) is 64.3 Å². The van der Waals surface area contributed by atoms with E-state index in [-0.39, 0.29) is 12.1 Å². The largest absolute Gasteiger partial charge is 0.494 e. The highest BCUT2D eigenvalue weighted by Gasteiger charge is 2.36. The van der Waals surface area contributed by atoms with Crippen molar-refractivity contribution in [2.24, 2.45) is 0 Å². The van der Waals surface area contributed by atoms with Crippen LogP contribution in [0.5, 0.6) is 5.75 Å². The van der Waals surface area contributed by atoms with Crippen LogP contribution in [0.2, 0.25) is 0 Å². The number of carbonyl (C=O) groups excluding carboxylic acids is 1. The van der Waals surface area contributed by atoms with Crippen molar-refractivity contribution in [3.05, 3.63) is 125 Å². The number of aromatic nitrogens is 3. The molecular formula is C33H33N5O2. The molecule has 1 atom stereocenters. The molecule has 1 aliphatic rings. The van der Waals surface area contributed by atoms with Gasteiger partial charge in [-0.3, -0.25) is 0 Å². The molecule has 0 saturated carbocycles. The first-order valence-electron chi connectivity index (χ1n) is 13.8. The van der Waals surface area contributed by atoms with Crippen LogP contribution in [-0.2, 0) is 13.0 Å². The number of benzene rings is 3. The number of anilines is 1. The van der Waals surface area contributed by atoms with Crippen molar-refractivity contribution in [2.45, 2.75) is 39.8 Å². The number of para-hydroxylation sites is 1. The van der Waals surface area contributed by atoms with Crippen LogP contribution in [0.3, 0.4) is 0 Å². The van der Waals surface area contributed by atoms with Crippen LogP contribution in [0.25, 0.3) is 11.5 Å². The van der Waals surface area contributed by atoms with E-state index in [4.69, 9.17) is 9.84 Å². The maximum Gasteiger partial charge on any atom is 0.322 e. The number of fused-ring (bicyclic) bond motifs is 3. The van der Waals surface area contributed by atoms with Crippen LogP contribution in [0, 0.1) is 6.92 Å². The zero-order valence-corrected chi connectivity index (χ0v) is 23.0. The second-order valence-electron chi connectivity index (χ2n) is 9.98. The van der Waals surface area contributed by atoms with Crippen LogP contribution in [0.1, 0.15) is 48.0 Å². The van der Waals surface area contributed by atoms with E-state index >= 15 is 0 Å². The molecule has 1 N–H and O–H groups in total. The van der Waals surface area contributed by atoms with Crippen LogP contribution in [0.15, 0.2) is 97.2 Å². The number of amides is 2. The number of ether oxygens (including phenoxy) is 1. The highest BCUT2D eigenvalue weighted by Crippen LogP contribution is 2.39. The lowest BCUT2D eigenvalue weighted by Gasteiger charge is -2.31. The minimum Gasteiger partial charge on any atom is -0.494 e. The Bertz CT molecular complexity index is 1640. The second kappa shape index (κ2) is 10.8. The lowest BCUT2D eigenvalue weighted by Crippen LogP contribution is -2.38. The molecule has 0 unspecified atom stereocenters. The van der Waals surface area contributed by atoms with E-state index in [0.29, 0.717) is 18.8 Å². The number of nitrogens with one attached hydrogen (secondary N) is 1. The summed E-state index contributed by atoms with van der Waals surface area (Å²) in [4.78, 5) is 16.1. The van der Waals surface area contributed by atoms with Gasteiger partial charge in [-0.1, -0.05) is 55.0 Å². The molecular weight excluding hydrogens is 498 g/mol. The SMILES string of the molecule is CCOc1ccc(NC(=O)N2Cc3c(CC)nn(-c4ccccc4)c3-n3cccc3[C@H]2c2cccc(C)c2)cc1. The number of urea groups is 1. The molecule has 3 heterocycles. The van der Waals surface area contributed by atoms with E-state index in [1.54, 1.807) is 0 Å². The minimum atomic E-state index is -0.307. The molecule has 0 bridgehead atoms. The number of nitrogens with zero attached hydrogens (tertiary/aromatic N) is 4. The molecule has 0 aliphatic carbocycles. The summed E-state index contributed by atoms with van der Waals surface area (Å²) in [6, 6.07) is 29.8. The van der Waals surface area contributed by atoms with E-state index in [1.165, 1.54) is 0 Å². The van der Waals surface area contributed by atoms with Gasteiger partial charge < -0.3 is 19.5 Å². The maximum atomic E-state index is 14.2. The fraction of sp³-hybridized carbons (Fsp3) is 0.212. The summed E-state index contributed by atoms with van der Waals surface area (Å²) in [5.74, 6) is 1.74. The lowest BCUT2D eigenvalue weighted by molar-refractivity contribution is 0.194. The van der Waals surface area contributed by atoms with Crippen LogP contribution in [0.4, 0.5) is 10.5 Å². The molecule has 7 nitrogen and oxygen atoms in total. The van der Waals surface area contributed by atoms with Crippen molar-refractivity contribution < 1.29 is 9.53 Å². The average molecular weight is 532 g/mol. The van der Waals surface area contributed by atoms with Crippen LogP contribution < -0.4 is 10.1 Å². The molecule has 0 fully saturated rings. The van der Waals surface area contributed by atoms with E-state index in [9.17, 15) is 4.79 Å². The van der Waals surface area contributed by atoms with Crippen molar-refractivity contribution >= 4 is 11.7 Å². The fourth-order valence-electron chi connectivity index (χ4n) is 5.54. The van der Waals surface area contributed by atoms with Crippen molar-refractivity contribution in [1.29, 1.82) is 0 Å². The van der Waals surface area contributed by atoms with Gasteiger partial charge in [-0.05, 0) is 74.4 Å². The summed E-state index contributed by atoms with van der Waals surface area (Å²) in [6.07, 6.45) is 2.83. The normalized spacial score (nSPS) is 14.3. The highest BCUT2D eigenvalue weighted by atomic mass is 16.5. The summed E-state index contributed by atoms with van der Waals surface area (Å²) < 4.78 is 9.80. The molecule has 2 aromatic heterocycles. The standard InChI is InChI=1S/C33H33N5O2/c1-4-29-28-22-37(33(39)34-25-16-18-27(19-17-25)40-5-2)31(24-12-9-11-23(3)21-24)30-15-10-20-36(30)32(28)38(35-29)26-13-7-6-8-14-26/h6-21,31H,4-5,22H2,1-3H3,(H,34,39)/t31-/m1/s1. The van der Waals surface area contributed by atoms with Gasteiger partial charge in [0.15, 0.2) is 0 Å². The van der Waals surface area contributed by atoms with Gasteiger partial charge in [0.05, 0.1) is 36.3 Å². The van der Waals surface area contributed by atoms with Crippen LogP contribution >= 0.6 is 0 Å². The Morgan fingerprint density at radius 1 is 0.975 bits per heavy atom. The Morgan fingerprint density at radius 2 is 1.77 bits per heavy atom. The Balaban J connectivity index is 1.50. The van der Waals surface area contributed by atoms with Gasteiger partial charge in [0.25, 0.3) is 0 Å². The Morgan fingerprint density at radius 3 is 2.50 bits per heavy atom. The molecule has 5 aromatic rings. The zero-order chi connectivity index (χ0) is 27.6. The summed E-state index contributed by atoms with van der Waals surface area (Å²) in [5.41, 5.74) is 6.93. The lowest BCUT2D eigenvalue weighted by atomic mass is 10.00. The molecule has 3 aromatic carbocycles. The predicted octanol–water partition coefficient (Wildman–Crippen LogP) is 7.07. The molecule has 40 heavy (non-hydrogen) atoms. The third-order valence-electron chi connectivity index (χ3n) is 7.34. The van der Waals surface area contributed by atoms with E-state index < -0.39 is 0 Å². The Kier molecular flexibility index (Phi) is 6.86. The van der Waals surface area contributed by atoms with Gasteiger partial charge in [0.1, 0.15) is 11.6 Å². The molecule has 6 rings (SSSR count). The fourth-order valence-corrected chi connectivity index (χ4v) is 5.54. The number of hydrogen-bond donors (Lipinski definition) is 1. The number of hydrogen-bond acceptors (Lipinski definition) is 3. The van der Waals surface area contributed by atoms with E-state index in [0.717, 1.165) is 51.8 Å². The molecule has 0 radical (unpaired) electrons. The summed E-state index contributed by atoms with van der Waals surface area (Å²) >= 11 is 0. The van der Waals surface area contributed by atoms with Gasteiger partial charge in [0, 0.05) is 17.4 Å². The first kappa shape index (κ1) is 25.5. The molecule has 202 valence electrons. The van der Waals surface area contributed by atoms with Gasteiger partial charge in [-0.15, -0.1) is 0 Å². The summed E-state index contributed by atoms with van der Waals surface area (Å²) in [5, 5.41) is 8.19. The highest BCUT2D eigenvalue weighted by molar-refractivity contribution is 5.90. The third-order valence-corrected chi connectivity index (χ3v) is 7.34. The number of aryl methyl sites for hydroxylation is 2. The first-order valence-corrected chi connectivity index (χ1v) is 13.8. The molecule has 0 spiro atoms. The van der Waals surface area contributed by atoms with Crippen molar-refractivity contribution in [2.75, 3.05) is 11.9 Å². The van der Waals surface area contributed by atoms with Crippen LogP contribution in [-0.4, -0.2) is 31.9 Å². The first-order chi connectivity index (χ1) is 19.6. The number of carbonyl (C=O) groups is 1. The minimum absolute atomic E-state index is 0.175. The number of rotatable bonds is 6. The second-order valence-corrected chi connectivity index (χ2v) is 9.98. The van der Waals surface area contributed by atoms with Crippen molar-refractivity contribution in [3.8, 4) is 17.3 Å². The van der Waals surface area contributed by atoms with Crippen molar-refractivity contribution in [1.82, 2.24) is 19.2 Å². The molecule has 1 aliphatic heterocycles. The van der Waals surface area contributed by atoms with Crippen molar-refractivity contribution in [3.63, 3.8) is 0 Å². The molecule has 0 saturated heterocycles. The maximum absolute atomic E-state index is 14.2. The van der Waals surface area contributed by atoms with Gasteiger partial charge in [-0.25, -0.2) is 9.48 Å². The molecule has 7 heteroatoms. The molecule has 2 amide bonds. The third kappa shape index (κ3) is 4.64. The quantitative estimate of drug-likeness (QED) is 0.255. The predicted molar refractivity (Wildman–Crippen MR) is 157 cm³/mol. The Hall–Kier alpha value is -4.78. The van der Waals surface area contributed by atoms with Gasteiger partial charge >= 0.3 is 6.03 Å².